The molecule has 100 valence electrons. The van der Waals surface area contributed by atoms with Crippen LogP contribution in [0.3, 0.4) is 0 Å². The smallest absolute Gasteiger partial charge is 0.127 e. The van der Waals surface area contributed by atoms with E-state index < -0.39 is 0 Å². The monoisotopic (exact) mass is 313 g/mol. The van der Waals surface area contributed by atoms with E-state index in [9.17, 15) is 5.11 Å². The van der Waals surface area contributed by atoms with E-state index in [1.165, 1.54) is 5.56 Å². The van der Waals surface area contributed by atoms with Gasteiger partial charge in [0.2, 0.25) is 0 Å². The predicted octanol–water partition coefficient (Wildman–Crippen LogP) is 2.49. The molecule has 0 radical (unpaired) electrons. The number of nitrogens with one attached hydrogen (secondary N) is 1. The summed E-state index contributed by atoms with van der Waals surface area (Å²) in [6, 6.07) is 4.34. The molecule has 1 atom stereocenters. The first-order valence-electron chi connectivity index (χ1n) is 6.40. The van der Waals surface area contributed by atoms with E-state index in [1.54, 1.807) is 0 Å². The van der Waals surface area contributed by atoms with E-state index >= 15 is 0 Å². The molecule has 0 fully saturated rings. The van der Waals surface area contributed by atoms with Gasteiger partial charge in [0, 0.05) is 29.0 Å². The van der Waals surface area contributed by atoms with E-state index in [0.717, 1.165) is 35.4 Å². The molecule has 0 aliphatic carbocycles. The Balaban J connectivity index is 2.10. The number of aliphatic hydroxyl groups is 1. The van der Waals surface area contributed by atoms with Gasteiger partial charge in [-0.15, -0.1) is 0 Å². The highest BCUT2D eigenvalue weighted by atomic mass is 79.9. The van der Waals surface area contributed by atoms with Crippen molar-refractivity contribution in [3.8, 4) is 5.75 Å². The summed E-state index contributed by atoms with van der Waals surface area (Å²) in [5.41, 5.74) is 2.43. The summed E-state index contributed by atoms with van der Waals surface area (Å²) in [5.74, 6) is 1.43. The van der Waals surface area contributed by atoms with Crippen molar-refractivity contribution in [1.29, 1.82) is 0 Å². The normalized spacial score (nSPS) is 15.6. The molecule has 3 nitrogen and oxygen atoms in total. The largest absolute Gasteiger partial charge is 0.493 e. The molecule has 1 aliphatic rings. The van der Waals surface area contributed by atoms with Crippen LogP contribution in [0, 0.1) is 5.92 Å². The fourth-order valence-corrected chi connectivity index (χ4v) is 2.78. The van der Waals surface area contributed by atoms with Crippen LogP contribution in [0.5, 0.6) is 5.75 Å². The molecule has 0 saturated carbocycles. The summed E-state index contributed by atoms with van der Waals surface area (Å²) in [4.78, 5) is 0. The first kappa shape index (κ1) is 13.8. The average Bonchev–Trinajstić information content (AvgIpc) is 2.77. The van der Waals surface area contributed by atoms with Crippen LogP contribution in [0.25, 0.3) is 0 Å². The Morgan fingerprint density at radius 3 is 2.89 bits per heavy atom. The quantitative estimate of drug-likeness (QED) is 0.877. The fraction of sp³-hybridized carbons (Fsp3) is 0.571. The lowest BCUT2D eigenvalue weighted by molar-refractivity contribution is 0.209. The Bertz CT molecular complexity index is 421. The second kappa shape index (κ2) is 6.04. The molecule has 1 heterocycles. The number of rotatable bonds is 5. The van der Waals surface area contributed by atoms with Gasteiger partial charge in [-0.25, -0.2) is 0 Å². The zero-order valence-electron chi connectivity index (χ0n) is 10.9. The van der Waals surface area contributed by atoms with E-state index in [4.69, 9.17) is 4.74 Å². The maximum atomic E-state index is 9.32. The van der Waals surface area contributed by atoms with Gasteiger partial charge < -0.3 is 15.2 Å². The number of halogens is 1. The lowest BCUT2D eigenvalue weighted by Gasteiger charge is -2.20. The second-order valence-electron chi connectivity index (χ2n) is 5.07. The molecule has 0 aromatic heterocycles. The summed E-state index contributed by atoms with van der Waals surface area (Å²) >= 11 is 3.54. The molecule has 2 N–H and O–H groups in total. The first-order chi connectivity index (χ1) is 8.61. The number of hydrogen-bond acceptors (Lipinski definition) is 3. The number of fused-ring (bicyclic) bond motifs is 1. The topological polar surface area (TPSA) is 41.5 Å². The van der Waals surface area contributed by atoms with Crippen LogP contribution >= 0.6 is 15.9 Å². The molecule has 0 spiro atoms. The molecular weight excluding hydrogens is 294 g/mol. The minimum absolute atomic E-state index is 0.126. The van der Waals surface area contributed by atoms with Crippen LogP contribution in [0.2, 0.25) is 0 Å². The van der Waals surface area contributed by atoms with Gasteiger partial charge >= 0.3 is 0 Å². The van der Waals surface area contributed by atoms with Crippen molar-refractivity contribution in [3.05, 3.63) is 27.7 Å². The summed E-state index contributed by atoms with van der Waals surface area (Å²) in [7, 11) is 0. The molecule has 2 rings (SSSR count). The van der Waals surface area contributed by atoms with Crippen molar-refractivity contribution in [2.24, 2.45) is 5.92 Å². The van der Waals surface area contributed by atoms with Gasteiger partial charge in [-0.3, -0.25) is 0 Å². The highest BCUT2D eigenvalue weighted by molar-refractivity contribution is 9.10. The lowest BCUT2D eigenvalue weighted by atomic mass is 10.0. The van der Waals surface area contributed by atoms with Gasteiger partial charge in [0.1, 0.15) is 5.75 Å². The molecule has 4 heteroatoms. The average molecular weight is 314 g/mol. The number of hydrogen-bond donors (Lipinski definition) is 2. The highest BCUT2D eigenvalue weighted by Gasteiger charge is 2.18. The third kappa shape index (κ3) is 3.05. The SMILES string of the molecule is CC(C)C(CO)NCc1cc(Br)cc2c1OCC2. The lowest BCUT2D eigenvalue weighted by Crippen LogP contribution is -2.36. The third-order valence-corrected chi connectivity index (χ3v) is 3.84. The molecular formula is C14H20BrNO2. The van der Waals surface area contributed by atoms with Crippen LogP contribution in [0.4, 0.5) is 0 Å². The van der Waals surface area contributed by atoms with Gasteiger partial charge in [0.15, 0.2) is 0 Å². The van der Waals surface area contributed by atoms with Crippen LogP contribution in [-0.4, -0.2) is 24.4 Å². The Morgan fingerprint density at radius 1 is 1.44 bits per heavy atom. The summed E-state index contributed by atoms with van der Waals surface area (Å²) < 4.78 is 6.78. The Morgan fingerprint density at radius 2 is 2.22 bits per heavy atom. The third-order valence-electron chi connectivity index (χ3n) is 3.38. The zero-order chi connectivity index (χ0) is 13.1. The maximum absolute atomic E-state index is 9.32. The van der Waals surface area contributed by atoms with E-state index in [2.05, 4.69) is 47.2 Å². The molecule has 1 unspecified atom stereocenters. The number of ether oxygens (including phenoxy) is 1. The van der Waals surface area contributed by atoms with Gasteiger partial charge in [0.05, 0.1) is 13.2 Å². The number of aliphatic hydroxyl groups excluding tert-OH is 1. The number of benzene rings is 1. The van der Waals surface area contributed by atoms with Crippen molar-refractivity contribution >= 4 is 15.9 Å². The molecule has 1 aromatic carbocycles. The molecule has 0 bridgehead atoms. The van der Waals surface area contributed by atoms with E-state index in [-0.39, 0.29) is 12.6 Å². The molecule has 1 aliphatic heterocycles. The van der Waals surface area contributed by atoms with E-state index in [1.807, 2.05) is 0 Å². The standard InChI is InChI=1S/C14H20BrNO2/c1-9(2)13(8-17)16-7-11-6-12(15)5-10-3-4-18-14(10)11/h5-6,9,13,16-17H,3-4,7-8H2,1-2H3. The van der Waals surface area contributed by atoms with Gasteiger partial charge in [-0.1, -0.05) is 29.8 Å². The van der Waals surface area contributed by atoms with Gasteiger partial charge in [-0.2, -0.15) is 0 Å². The fourth-order valence-electron chi connectivity index (χ4n) is 2.23. The second-order valence-corrected chi connectivity index (χ2v) is 5.98. The zero-order valence-corrected chi connectivity index (χ0v) is 12.5. The highest BCUT2D eigenvalue weighted by Crippen LogP contribution is 2.32. The van der Waals surface area contributed by atoms with Crippen LogP contribution < -0.4 is 10.1 Å². The minimum atomic E-state index is 0.126. The Hall–Kier alpha value is -0.580. The Labute approximate surface area is 117 Å². The summed E-state index contributed by atoms with van der Waals surface area (Å²) in [6.45, 7) is 5.87. The van der Waals surface area contributed by atoms with Crippen LogP contribution in [-0.2, 0) is 13.0 Å². The van der Waals surface area contributed by atoms with Crippen molar-refractivity contribution < 1.29 is 9.84 Å². The Kier molecular flexibility index (Phi) is 4.65. The van der Waals surface area contributed by atoms with Crippen molar-refractivity contribution in [1.82, 2.24) is 5.32 Å². The van der Waals surface area contributed by atoms with Gasteiger partial charge in [0.25, 0.3) is 0 Å². The predicted molar refractivity (Wildman–Crippen MR) is 75.9 cm³/mol. The first-order valence-corrected chi connectivity index (χ1v) is 7.19. The molecule has 18 heavy (non-hydrogen) atoms. The van der Waals surface area contributed by atoms with Crippen LogP contribution in [0.1, 0.15) is 25.0 Å². The van der Waals surface area contributed by atoms with Crippen molar-refractivity contribution in [2.75, 3.05) is 13.2 Å². The molecule has 0 saturated heterocycles. The van der Waals surface area contributed by atoms with Crippen molar-refractivity contribution in [2.45, 2.75) is 32.9 Å². The van der Waals surface area contributed by atoms with E-state index in [0.29, 0.717) is 5.92 Å². The van der Waals surface area contributed by atoms with Crippen molar-refractivity contribution in [3.63, 3.8) is 0 Å². The summed E-state index contributed by atoms with van der Waals surface area (Å²) in [5, 5.41) is 12.7. The van der Waals surface area contributed by atoms with Gasteiger partial charge in [-0.05, 0) is 23.6 Å². The minimum Gasteiger partial charge on any atom is -0.493 e. The van der Waals surface area contributed by atoms with Crippen LogP contribution in [0.15, 0.2) is 16.6 Å². The maximum Gasteiger partial charge on any atom is 0.127 e. The molecule has 0 amide bonds. The summed E-state index contributed by atoms with van der Waals surface area (Å²) in [6.07, 6.45) is 0.982. The molecule has 1 aromatic rings.